The van der Waals surface area contributed by atoms with E-state index in [0.717, 1.165) is 24.9 Å². The highest BCUT2D eigenvalue weighted by atomic mass is 35.5. The van der Waals surface area contributed by atoms with Crippen molar-refractivity contribution in [3.05, 3.63) is 56.5 Å². The van der Waals surface area contributed by atoms with Gasteiger partial charge in [0.2, 0.25) is 0 Å². The zero-order chi connectivity index (χ0) is 14.5. The quantitative estimate of drug-likeness (QED) is 0.774. The molecule has 2 rings (SSSR count). The molecule has 1 atom stereocenters. The Labute approximate surface area is 128 Å². The monoisotopic (exact) mass is 311 g/mol. The van der Waals surface area contributed by atoms with E-state index in [2.05, 4.69) is 31.3 Å². The molecule has 0 saturated heterocycles. The lowest BCUT2D eigenvalue weighted by atomic mass is 10.0. The summed E-state index contributed by atoms with van der Waals surface area (Å²) in [7, 11) is 0. The molecule has 1 nitrogen and oxygen atoms in total. The SMILES string of the molecule is CCCNC(c1ccc(CC)s1)c1ccc(F)cc1Cl. The van der Waals surface area contributed by atoms with Gasteiger partial charge in [-0.2, -0.15) is 0 Å². The molecule has 0 radical (unpaired) electrons. The molecule has 1 aromatic carbocycles. The van der Waals surface area contributed by atoms with Gasteiger partial charge < -0.3 is 5.32 Å². The number of halogens is 2. The molecule has 2 aromatic rings. The van der Waals surface area contributed by atoms with Crippen molar-refractivity contribution >= 4 is 22.9 Å². The first-order valence-corrected chi connectivity index (χ1v) is 8.12. The van der Waals surface area contributed by atoms with Crippen molar-refractivity contribution in [2.45, 2.75) is 32.7 Å². The first kappa shape index (κ1) is 15.5. The summed E-state index contributed by atoms with van der Waals surface area (Å²) < 4.78 is 13.2. The largest absolute Gasteiger partial charge is 0.306 e. The summed E-state index contributed by atoms with van der Waals surface area (Å²) in [6.07, 6.45) is 2.07. The fourth-order valence-electron chi connectivity index (χ4n) is 2.13. The number of aryl methyl sites for hydroxylation is 1. The lowest BCUT2D eigenvalue weighted by Crippen LogP contribution is -2.22. The minimum atomic E-state index is -0.298. The second-order valence-electron chi connectivity index (χ2n) is 4.71. The predicted molar refractivity (Wildman–Crippen MR) is 85.2 cm³/mol. The van der Waals surface area contributed by atoms with E-state index in [0.29, 0.717) is 5.02 Å². The van der Waals surface area contributed by atoms with Crippen LogP contribution in [0.15, 0.2) is 30.3 Å². The van der Waals surface area contributed by atoms with Gasteiger partial charge in [-0.25, -0.2) is 4.39 Å². The first-order chi connectivity index (χ1) is 9.65. The second kappa shape index (κ2) is 7.21. The van der Waals surface area contributed by atoms with Crippen molar-refractivity contribution in [2.75, 3.05) is 6.54 Å². The summed E-state index contributed by atoms with van der Waals surface area (Å²) in [4.78, 5) is 2.57. The van der Waals surface area contributed by atoms with Crippen LogP contribution in [-0.2, 0) is 6.42 Å². The van der Waals surface area contributed by atoms with Crippen molar-refractivity contribution < 1.29 is 4.39 Å². The lowest BCUT2D eigenvalue weighted by molar-refractivity contribution is 0.599. The Bertz CT molecular complexity index is 567. The third-order valence-corrected chi connectivity index (χ3v) is 4.81. The van der Waals surface area contributed by atoms with Crippen LogP contribution in [-0.4, -0.2) is 6.54 Å². The van der Waals surface area contributed by atoms with Crippen molar-refractivity contribution in [3.63, 3.8) is 0 Å². The molecule has 1 unspecified atom stereocenters. The topological polar surface area (TPSA) is 12.0 Å². The zero-order valence-corrected chi connectivity index (χ0v) is 13.3. The number of hydrogen-bond acceptors (Lipinski definition) is 2. The van der Waals surface area contributed by atoms with Crippen LogP contribution in [0.5, 0.6) is 0 Å². The molecule has 0 amide bonds. The van der Waals surface area contributed by atoms with Gasteiger partial charge in [-0.1, -0.05) is 31.5 Å². The zero-order valence-electron chi connectivity index (χ0n) is 11.7. The Morgan fingerprint density at radius 2 is 2.05 bits per heavy atom. The normalized spacial score (nSPS) is 12.6. The highest BCUT2D eigenvalue weighted by Gasteiger charge is 2.18. The summed E-state index contributed by atoms with van der Waals surface area (Å²) in [6.45, 7) is 5.18. The molecule has 108 valence electrons. The molecule has 0 fully saturated rings. The van der Waals surface area contributed by atoms with Gasteiger partial charge in [-0.3, -0.25) is 0 Å². The van der Waals surface area contributed by atoms with Crippen molar-refractivity contribution in [3.8, 4) is 0 Å². The fraction of sp³-hybridized carbons (Fsp3) is 0.375. The lowest BCUT2D eigenvalue weighted by Gasteiger charge is -2.19. The van der Waals surface area contributed by atoms with Gasteiger partial charge in [0, 0.05) is 14.8 Å². The molecule has 0 bridgehead atoms. The van der Waals surface area contributed by atoms with E-state index < -0.39 is 0 Å². The van der Waals surface area contributed by atoms with Crippen molar-refractivity contribution in [1.29, 1.82) is 0 Å². The van der Waals surface area contributed by atoms with Gasteiger partial charge >= 0.3 is 0 Å². The molecular weight excluding hydrogens is 293 g/mol. The minimum Gasteiger partial charge on any atom is -0.306 e. The Morgan fingerprint density at radius 3 is 2.65 bits per heavy atom. The summed E-state index contributed by atoms with van der Waals surface area (Å²) in [5.41, 5.74) is 0.936. The minimum absolute atomic E-state index is 0.0355. The van der Waals surface area contributed by atoms with Crippen LogP contribution in [0, 0.1) is 5.82 Å². The van der Waals surface area contributed by atoms with Gasteiger partial charge in [-0.05, 0) is 49.2 Å². The van der Waals surface area contributed by atoms with Crippen LogP contribution >= 0.6 is 22.9 Å². The van der Waals surface area contributed by atoms with E-state index >= 15 is 0 Å². The second-order valence-corrected chi connectivity index (χ2v) is 6.32. The maximum Gasteiger partial charge on any atom is 0.124 e. The number of nitrogens with one attached hydrogen (secondary N) is 1. The number of hydrogen-bond donors (Lipinski definition) is 1. The van der Waals surface area contributed by atoms with Gasteiger partial charge in [0.25, 0.3) is 0 Å². The van der Waals surface area contributed by atoms with Gasteiger partial charge in [0.1, 0.15) is 5.82 Å². The molecule has 0 spiro atoms. The van der Waals surface area contributed by atoms with Crippen LogP contribution < -0.4 is 5.32 Å². The molecule has 1 N–H and O–H groups in total. The maximum atomic E-state index is 13.2. The first-order valence-electron chi connectivity index (χ1n) is 6.92. The Balaban J connectivity index is 2.35. The fourth-order valence-corrected chi connectivity index (χ4v) is 3.45. The Morgan fingerprint density at radius 1 is 1.25 bits per heavy atom. The molecule has 0 saturated carbocycles. The highest BCUT2D eigenvalue weighted by Crippen LogP contribution is 2.33. The summed E-state index contributed by atoms with van der Waals surface area (Å²) in [5, 5.41) is 3.98. The Kier molecular flexibility index (Phi) is 5.58. The van der Waals surface area contributed by atoms with Crippen LogP contribution in [0.2, 0.25) is 5.02 Å². The number of rotatable bonds is 6. The van der Waals surface area contributed by atoms with Crippen LogP contribution in [0.3, 0.4) is 0 Å². The van der Waals surface area contributed by atoms with E-state index in [1.807, 2.05) is 0 Å². The highest BCUT2D eigenvalue weighted by molar-refractivity contribution is 7.12. The molecule has 1 aromatic heterocycles. The van der Waals surface area contributed by atoms with E-state index in [1.54, 1.807) is 17.4 Å². The van der Waals surface area contributed by atoms with Crippen molar-refractivity contribution in [2.24, 2.45) is 0 Å². The Hall–Kier alpha value is -0.900. The molecule has 0 aliphatic heterocycles. The number of benzene rings is 1. The standard InChI is InChI=1S/C16H19ClFNS/c1-3-9-19-16(15-8-6-12(4-2)20-15)13-7-5-11(18)10-14(13)17/h5-8,10,16,19H,3-4,9H2,1-2H3. The maximum absolute atomic E-state index is 13.2. The summed E-state index contributed by atoms with van der Waals surface area (Å²) in [6, 6.07) is 8.95. The molecule has 0 aliphatic carbocycles. The molecule has 20 heavy (non-hydrogen) atoms. The third kappa shape index (κ3) is 3.60. The molecule has 4 heteroatoms. The molecular formula is C16H19ClFNS. The van der Waals surface area contributed by atoms with Gasteiger partial charge in [-0.15, -0.1) is 11.3 Å². The number of thiophene rings is 1. The van der Waals surface area contributed by atoms with E-state index in [4.69, 9.17) is 11.6 Å². The predicted octanol–water partition coefficient (Wildman–Crippen LogP) is 5.19. The van der Waals surface area contributed by atoms with Gasteiger partial charge in [0.05, 0.1) is 6.04 Å². The van der Waals surface area contributed by atoms with Crippen LogP contribution in [0.4, 0.5) is 4.39 Å². The third-order valence-electron chi connectivity index (χ3n) is 3.19. The van der Waals surface area contributed by atoms with Crippen molar-refractivity contribution in [1.82, 2.24) is 5.32 Å². The molecule has 0 aliphatic rings. The summed E-state index contributed by atoms with van der Waals surface area (Å²) in [5.74, 6) is -0.298. The van der Waals surface area contributed by atoms with Crippen LogP contribution in [0.1, 0.15) is 41.6 Å². The van der Waals surface area contributed by atoms with Gasteiger partial charge in [0.15, 0.2) is 0 Å². The van der Waals surface area contributed by atoms with E-state index in [9.17, 15) is 4.39 Å². The van der Waals surface area contributed by atoms with E-state index in [-0.39, 0.29) is 11.9 Å². The smallest absolute Gasteiger partial charge is 0.124 e. The average Bonchev–Trinajstić information content (AvgIpc) is 2.90. The summed E-state index contributed by atoms with van der Waals surface area (Å²) >= 11 is 8.00. The van der Waals surface area contributed by atoms with Crippen LogP contribution in [0.25, 0.3) is 0 Å². The van der Waals surface area contributed by atoms with E-state index in [1.165, 1.54) is 21.9 Å². The molecule has 1 heterocycles. The average molecular weight is 312 g/mol.